The number of rotatable bonds is 2. The van der Waals surface area contributed by atoms with Crippen molar-refractivity contribution in [3.8, 4) is 6.07 Å². The van der Waals surface area contributed by atoms with Gasteiger partial charge in [-0.15, -0.1) is 0 Å². The van der Waals surface area contributed by atoms with Crippen molar-refractivity contribution in [2.24, 2.45) is 0 Å². The van der Waals surface area contributed by atoms with E-state index in [4.69, 9.17) is 11.6 Å². The summed E-state index contributed by atoms with van der Waals surface area (Å²) in [6.45, 7) is 0. The van der Waals surface area contributed by atoms with Gasteiger partial charge in [0.25, 0.3) is 0 Å². The molecule has 0 unspecified atom stereocenters. The molecule has 0 N–H and O–H groups in total. The van der Waals surface area contributed by atoms with Crippen molar-refractivity contribution in [3.05, 3.63) is 64.9 Å². The van der Waals surface area contributed by atoms with E-state index in [0.717, 1.165) is 11.1 Å². The smallest absolute Gasteiger partial charge is 0.0998 e. The molecule has 0 atom stereocenters. The van der Waals surface area contributed by atoms with Gasteiger partial charge in [0, 0.05) is 23.0 Å². The van der Waals surface area contributed by atoms with Gasteiger partial charge in [0.1, 0.15) is 0 Å². The summed E-state index contributed by atoms with van der Waals surface area (Å²) in [6.07, 6.45) is 5.17. The highest BCUT2D eigenvalue weighted by atomic mass is 35.5. The highest BCUT2D eigenvalue weighted by molar-refractivity contribution is 6.32. The van der Waals surface area contributed by atoms with Crippen molar-refractivity contribution in [1.29, 1.82) is 5.26 Å². The lowest BCUT2D eigenvalue weighted by atomic mass is 10.0. The minimum Gasteiger partial charge on any atom is -0.265 e. The minimum absolute atomic E-state index is 0.543. The molecule has 0 aliphatic rings. The Morgan fingerprint density at radius 2 is 1.88 bits per heavy atom. The highest BCUT2D eigenvalue weighted by Gasteiger charge is 2.04. The third kappa shape index (κ3) is 2.72. The van der Waals surface area contributed by atoms with Gasteiger partial charge >= 0.3 is 0 Å². The molecule has 0 bridgehead atoms. The fourth-order valence-electron chi connectivity index (χ4n) is 1.48. The normalized spacial score (nSPS) is 10.9. The Kier molecular flexibility index (Phi) is 3.54. The van der Waals surface area contributed by atoms with Gasteiger partial charge in [0.05, 0.1) is 11.6 Å². The van der Waals surface area contributed by atoms with Crippen LogP contribution < -0.4 is 0 Å². The van der Waals surface area contributed by atoms with E-state index in [1.54, 1.807) is 24.5 Å². The molecule has 2 rings (SSSR count). The summed E-state index contributed by atoms with van der Waals surface area (Å²) in [5.41, 5.74) is 2.21. The van der Waals surface area contributed by atoms with Crippen LogP contribution in [0, 0.1) is 11.3 Å². The maximum absolute atomic E-state index is 9.17. The van der Waals surface area contributed by atoms with Gasteiger partial charge in [-0.1, -0.05) is 29.8 Å². The van der Waals surface area contributed by atoms with E-state index in [1.165, 1.54) is 0 Å². The zero-order chi connectivity index (χ0) is 12.1. The van der Waals surface area contributed by atoms with Crippen LogP contribution in [0.15, 0.2) is 48.8 Å². The largest absolute Gasteiger partial charge is 0.265 e. The Hall–Kier alpha value is -2.11. The second-order valence-corrected chi connectivity index (χ2v) is 3.84. The SMILES string of the molecule is N#C/C(=C\c1ccncc1)c1ccccc1Cl. The molecule has 0 aliphatic carbocycles. The average Bonchev–Trinajstić information content (AvgIpc) is 2.38. The van der Waals surface area contributed by atoms with E-state index in [1.807, 2.05) is 30.3 Å². The van der Waals surface area contributed by atoms with Gasteiger partial charge in [-0.05, 0) is 29.8 Å². The first-order chi connectivity index (χ1) is 8.31. The number of allylic oxidation sites excluding steroid dienone is 1. The van der Waals surface area contributed by atoms with Gasteiger partial charge < -0.3 is 0 Å². The van der Waals surface area contributed by atoms with Crippen LogP contribution in [0.5, 0.6) is 0 Å². The number of halogens is 1. The van der Waals surface area contributed by atoms with Crippen LogP contribution in [0.3, 0.4) is 0 Å². The molecule has 82 valence electrons. The first-order valence-electron chi connectivity index (χ1n) is 5.08. The van der Waals surface area contributed by atoms with Crippen LogP contribution in [-0.2, 0) is 0 Å². The van der Waals surface area contributed by atoms with E-state index in [2.05, 4.69) is 11.1 Å². The molecule has 0 radical (unpaired) electrons. The predicted molar refractivity (Wildman–Crippen MR) is 69.2 cm³/mol. The van der Waals surface area contributed by atoms with Crippen LogP contribution in [0.4, 0.5) is 0 Å². The van der Waals surface area contributed by atoms with Gasteiger partial charge in [0.2, 0.25) is 0 Å². The monoisotopic (exact) mass is 240 g/mol. The topological polar surface area (TPSA) is 36.7 Å². The number of hydrogen-bond acceptors (Lipinski definition) is 2. The maximum atomic E-state index is 9.17. The molecule has 1 aromatic carbocycles. The summed E-state index contributed by atoms with van der Waals surface area (Å²) in [5, 5.41) is 9.75. The summed E-state index contributed by atoms with van der Waals surface area (Å²) in [7, 11) is 0. The van der Waals surface area contributed by atoms with E-state index in [0.29, 0.717) is 10.6 Å². The summed E-state index contributed by atoms with van der Waals surface area (Å²) < 4.78 is 0. The van der Waals surface area contributed by atoms with Crippen molar-refractivity contribution in [1.82, 2.24) is 4.98 Å². The predicted octanol–water partition coefficient (Wildman–Crippen LogP) is 3.80. The Morgan fingerprint density at radius 3 is 2.53 bits per heavy atom. The molecule has 1 heterocycles. The summed E-state index contributed by atoms with van der Waals surface area (Å²) >= 11 is 6.06. The molecule has 17 heavy (non-hydrogen) atoms. The Morgan fingerprint density at radius 1 is 1.18 bits per heavy atom. The van der Waals surface area contributed by atoms with Gasteiger partial charge in [-0.3, -0.25) is 4.98 Å². The molecular formula is C14H9ClN2. The quantitative estimate of drug-likeness (QED) is 0.749. The van der Waals surface area contributed by atoms with Gasteiger partial charge in [-0.25, -0.2) is 0 Å². The van der Waals surface area contributed by atoms with Crippen molar-refractivity contribution < 1.29 is 0 Å². The van der Waals surface area contributed by atoms with Crippen molar-refractivity contribution in [2.45, 2.75) is 0 Å². The van der Waals surface area contributed by atoms with Crippen molar-refractivity contribution >= 4 is 23.3 Å². The second-order valence-electron chi connectivity index (χ2n) is 3.43. The van der Waals surface area contributed by atoms with Crippen LogP contribution >= 0.6 is 11.6 Å². The molecule has 1 aromatic heterocycles. The zero-order valence-corrected chi connectivity index (χ0v) is 9.72. The fourth-order valence-corrected chi connectivity index (χ4v) is 1.71. The molecule has 0 spiro atoms. The molecule has 0 aliphatic heterocycles. The van der Waals surface area contributed by atoms with Gasteiger partial charge in [-0.2, -0.15) is 5.26 Å². The first kappa shape index (κ1) is 11.4. The van der Waals surface area contributed by atoms with E-state index in [9.17, 15) is 5.26 Å². The first-order valence-corrected chi connectivity index (χ1v) is 5.46. The summed E-state index contributed by atoms with van der Waals surface area (Å²) in [6, 6.07) is 13.2. The number of benzene rings is 1. The number of hydrogen-bond donors (Lipinski definition) is 0. The molecular weight excluding hydrogens is 232 g/mol. The lowest BCUT2D eigenvalue weighted by Gasteiger charge is -2.01. The van der Waals surface area contributed by atoms with E-state index in [-0.39, 0.29) is 0 Å². The summed E-state index contributed by atoms with van der Waals surface area (Å²) in [4.78, 5) is 3.93. The molecule has 0 saturated carbocycles. The van der Waals surface area contributed by atoms with E-state index < -0.39 is 0 Å². The fraction of sp³-hybridized carbons (Fsp3) is 0. The highest BCUT2D eigenvalue weighted by Crippen LogP contribution is 2.24. The molecule has 2 nitrogen and oxygen atoms in total. The number of nitrogens with zero attached hydrogens (tertiary/aromatic N) is 2. The second kappa shape index (κ2) is 5.29. The third-order valence-electron chi connectivity index (χ3n) is 2.30. The molecule has 0 saturated heterocycles. The third-order valence-corrected chi connectivity index (χ3v) is 2.63. The Balaban J connectivity index is 2.46. The lowest BCUT2D eigenvalue weighted by molar-refractivity contribution is 1.32. The number of nitriles is 1. The Labute approximate surface area is 105 Å². The van der Waals surface area contributed by atoms with Crippen LogP contribution in [0.1, 0.15) is 11.1 Å². The molecule has 3 heteroatoms. The number of aromatic nitrogens is 1. The minimum atomic E-state index is 0.543. The number of pyridine rings is 1. The average molecular weight is 241 g/mol. The molecule has 2 aromatic rings. The van der Waals surface area contributed by atoms with Crippen LogP contribution in [0.25, 0.3) is 11.6 Å². The molecule has 0 fully saturated rings. The van der Waals surface area contributed by atoms with Crippen molar-refractivity contribution in [2.75, 3.05) is 0 Å². The van der Waals surface area contributed by atoms with Gasteiger partial charge in [0.15, 0.2) is 0 Å². The maximum Gasteiger partial charge on any atom is 0.0998 e. The van der Waals surface area contributed by atoms with E-state index >= 15 is 0 Å². The lowest BCUT2D eigenvalue weighted by Crippen LogP contribution is -1.83. The molecule has 0 amide bonds. The standard InChI is InChI=1S/C14H9ClN2/c15-14-4-2-1-3-13(14)12(10-16)9-11-5-7-17-8-6-11/h1-9H/b12-9+. The Bertz CT molecular complexity index is 583. The van der Waals surface area contributed by atoms with Crippen LogP contribution in [0.2, 0.25) is 5.02 Å². The zero-order valence-electron chi connectivity index (χ0n) is 8.97. The summed E-state index contributed by atoms with van der Waals surface area (Å²) in [5.74, 6) is 0. The van der Waals surface area contributed by atoms with Crippen molar-refractivity contribution in [3.63, 3.8) is 0 Å². The van der Waals surface area contributed by atoms with Crippen LogP contribution in [-0.4, -0.2) is 4.98 Å².